The Labute approximate surface area is 81.8 Å². The zero-order valence-electron chi connectivity index (χ0n) is 9.18. The molecular weight excluding hydrogens is 162 g/mol. The van der Waals surface area contributed by atoms with E-state index < -0.39 is 0 Å². The summed E-state index contributed by atoms with van der Waals surface area (Å²) in [5, 5.41) is 0. The Morgan fingerprint density at radius 2 is 2.31 bits per heavy atom. The molecule has 0 aromatic carbocycles. The molecule has 78 valence electrons. The summed E-state index contributed by atoms with van der Waals surface area (Å²) >= 11 is 0. The van der Waals surface area contributed by atoms with Gasteiger partial charge in [-0.25, -0.2) is 0 Å². The molecule has 1 aliphatic rings. The average Bonchev–Trinajstić information content (AvgIpc) is 2.16. The number of hydrogen-bond acceptors (Lipinski definition) is 2. The zero-order chi connectivity index (χ0) is 9.90. The van der Waals surface area contributed by atoms with Crippen LogP contribution in [-0.4, -0.2) is 18.8 Å². The summed E-state index contributed by atoms with van der Waals surface area (Å²) < 4.78 is 5.68. The monoisotopic (exact) mass is 185 g/mol. The van der Waals surface area contributed by atoms with Crippen molar-refractivity contribution < 1.29 is 4.74 Å². The quantitative estimate of drug-likeness (QED) is 0.732. The molecule has 0 aromatic rings. The SMILES string of the molecule is CC[C@H](N)C1(OC)CCCC(C)C1. The first-order valence-electron chi connectivity index (χ1n) is 5.45. The molecule has 0 aromatic heterocycles. The fourth-order valence-corrected chi connectivity index (χ4v) is 2.59. The zero-order valence-corrected chi connectivity index (χ0v) is 9.18. The van der Waals surface area contributed by atoms with Crippen molar-refractivity contribution in [1.82, 2.24) is 0 Å². The molecule has 1 rings (SSSR count). The van der Waals surface area contributed by atoms with E-state index in [1.807, 2.05) is 7.11 Å². The second-order valence-electron chi connectivity index (χ2n) is 4.49. The fourth-order valence-electron chi connectivity index (χ4n) is 2.59. The van der Waals surface area contributed by atoms with Gasteiger partial charge in [-0.05, 0) is 25.2 Å². The van der Waals surface area contributed by atoms with E-state index in [1.165, 1.54) is 12.8 Å². The molecule has 0 bridgehead atoms. The van der Waals surface area contributed by atoms with E-state index in [0.717, 1.165) is 25.2 Å². The number of rotatable bonds is 3. The van der Waals surface area contributed by atoms with Crippen molar-refractivity contribution in [1.29, 1.82) is 0 Å². The van der Waals surface area contributed by atoms with E-state index in [9.17, 15) is 0 Å². The Morgan fingerprint density at radius 1 is 1.62 bits per heavy atom. The number of nitrogens with two attached hydrogens (primary N) is 1. The molecule has 1 fully saturated rings. The van der Waals surface area contributed by atoms with Crippen molar-refractivity contribution in [3.05, 3.63) is 0 Å². The number of ether oxygens (including phenoxy) is 1. The molecule has 0 aliphatic heterocycles. The minimum atomic E-state index is -0.0214. The van der Waals surface area contributed by atoms with Crippen molar-refractivity contribution in [3.8, 4) is 0 Å². The van der Waals surface area contributed by atoms with Gasteiger partial charge >= 0.3 is 0 Å². The van der Waals surface area contributed by atoms with Crippen molar-refractivity contribution in [2.75, 3.05) is 7.11 Å². The number of methoxy groups -OCH3 is 1. The molecule has 13 heavy (non-hydrogen) atoms. The molecule has 0 amide bonds. The lowest BCUT2D eigenvalue weighted by atomic mass is 9.74. The lowest BCUT2D eigenvalue weighted by Crippen LogP contribution is -2.51. The van der Waals surface area contributed by atoms with Crippen LogP contribution in [0.4, 0.5) is 0 Å². The lowest BCUT2D eigenvalue weighted by molar-refractivity contribution is -0.0713. The minimum Gasteiger partial charge on any atom is -0.377 e. The van der Waals surface area contributed by atoms with Crippen LogP contribution in [0.15, 0.2) is 0 Å². The van der Waals surface area contributed by atoms with Crippen LogP contribution in [0.3, 0.4) is 0 Å². The van der Waals surface area contributed by atoms with Gasteiger partial charge in [-0.3, -0.25) is 0 Å². The molecule has 0 saturated heterocycles. The van der Waals surface area contributed by atoms with Crippen LogP contribution in [0, 0.1) is 5.92 Å². The van der Waals surface area contributed by atoms with Crippen molar-refractivity contribution in [2.24, 2.45) is 11.7 Å². The molecule has 2 unspecified atom stereocenters. The number of hydrogen-bond donors (Lipinski definition) is 1. The molecule has 1 saturated carbocycles. The third kappa shape index (κ3) is 2.23. The smallest absolute Gasteiger partial charge is 0.0831 e. The Hall–Kier alpha value is -0.0800. The fraction of sp³-hybridized carbons (Fsp3) is 1.00. The van der Waals surface area contributed by atoms with E-state index in [0.29, 0.717) is 0 Å². The summed E-state index contributed by atoms with van der Waals surface area (Å²) in [7, 11) is 1.81. The van der Waals surface area contributed by atoms with Crippen LogP contribution >= 0.6 is 0 Å². The highest BCUT2D eigenvalue weighted by atomic mass is 16.5. The largest absolute Gasteiger partial charge is 0.377 e. The third-order valence-electron chi connectivity index (χ3n) is 3.51. The van der Waals surface area contributed by atoms with E-state index in [2.05, 4.69) is 13.8 Å². The summed E-state index contributed by atoms with van der Waals surface area (Å²) in [4.78, 5) is 0. The summed E-state index contributed by atoms with van der Waals surface area (Å²) in [6.07, 6.45) is 5.90. The molecule has 0 spiro atoms. The van der Waals surface area contributed by atoms with E-state index in [1.54, 1.807) is 0 Å². The van der Waals surface area contributed by atoms with E-state index in [4.69, 9.17) is 10.5 Å². The standard InChI is InChI=1S/C11H23NO/c1-4-10(12)11(13-3)7-5-6-9(2)8-11/h9-10H,4-8,12H2,1-3H3/t9?,10-,11?/m0/s1. The molecule has 1 aliphatic carbocycles. The predicted molar refractivity (Wildman–Crippen MR) is 55.6 cm³/mol. The second-order valence-corrected chi connectivity index (χ2v) is 4.49. The van der Waals surface area contributed by atoms with Crippen LogP contribution in [0.1, 0.15) is 46.0 Å². The lowest BCUT2D eigenvalue weighted by Gasteiger charge is -2.42. The maximum absolute atomic E-state index is 6.13. The first-order chi connectivity index (χ1) is 6.14. The molecule has 2 heteroatoms. The maximum Gasteiger partial charge on any atom is 0.0831 e. The van der Waals surface area contributed by atoms with Gasteiger partial charge in [0.1, 0.15) is 0 Å². The van der Waals surface area contributed by atoms with Crippen molar-refractivity contribution in [2.45, 2.75) is 57.6 Å². The second kappa shape index (κ2) is 4.43. The summed E-state index contributed by atoms with van der Waals surface area (Å²) in [5.74, 6) is 0.770. The van der Waals surface area contributed by atoms with E-state index in [-0.39, 0.29) is 11.6 Å². The van der Waals surface area contributed by atoms with Crippen LogP contribution in [-0.2, 0) is 4.74 Å². The van der Waals surface area contributed by atoms with Gasteiger partial charge in [-0.1, -0.05) is 26.7 Å². The van der Waals surface area contributed by atoms with Gasteiger partial charge in [0.15, 0.2) is 0 Å². The van der Waals surface area contributed by atoms with Crippen molar-refractivity contribution >= 4 is 0 Å². The van der Waals surface area contributed by atoms with Crippen LogP contribution < -0.4 is 5.73 Å². The average molecular weight is 185 g/mol. The molecule has 0 radical (unpaired) electrons. The van der Waals surface area contributed by atoms with Gasteiger partial charge in [-0.15, -0.1) is 0 Å². The van der Waals surface area contributed by atoms with Gasteiger partial charge in [0.25, 0.3) is 0 Å². The molecular formula is C11H23NO. The first kappa shape index (κ1) is 11.0. The topological polar surface area (TPSA) is 35.2 Å². The summed E-state index contributed by atoms with van der Waals surface area (Å²) in [6, 6.07) is 0.209. The van der Waals surface area contributed by atoms with Crippen LogP contribution in [0.5, 0.6) is 0 Å². The van der Waals surface area contributed by atoms with Crippen molar-refractivity contribution in [3.63, 3.8) is 0 Å². The molecule has 2 nitrogen and oxygen atoms in total. The first-order valence-corrected chi connectivity index (χ1v) is 5.45. The van der Waals surface area contributed by atoms with Crippen LogP contribution in [0.2, 0.25) is 0 Å². The van der Waals surface area contributed by atoms with Gasteiger partial charge < -0.3 is 10.5 Å². The Balaban J connectivity index is 2.67. The van der Waals surface area contributed by atoms with E-state index >= 15 is 0 Å². The van der Waals surface area contributed by atoms with Crippen LogP contribution in [0.25, 0.3) is 0 Å². The minimum absolute atomic E-state index is 0.0214. The van der Waals surface area contributed by atoms with Gasteiger partial charge in [0.2, 0.25) is 0 Å². The predicted octanol–water partition coefficient (Wildman–Crippen LogP) is 2.32. The highest BCUT2D eigenvalue weighted by molar-refractivity contribution is 4.94. The summed E-state index contributed by atoms with van der Waals surface area (Å²) in [6.45, 7) is 4.44. The van der Waals surface area contributed by atoms with Gasteiger partial charge in [0, 0.05) is 13.2 Å². The Kier molecular flexibility index (Phi) is 3.74. The molecule has 3 atom stereocenters. The third-order valence-corrected chi connectivity index (χ3v) is 3.51. The summed E-state index contributed by atoms with van der Waals surface area (Å²) in [5.41, 5.74) is 6.11. The highest BCUT2D eigenvalue weighted by Gasteiger charge is 2.39. The molecule has 2 N–H and O–H groups in total. The van der Waals surface area contributed by atoms with Gasteiger partial charge in [-0.2, -0.15) is 0 Å². The van der Waals surface area contributed by atoms with Gasteiger partial charge in [0.05, 0.1) is 5.60 Å². The Bertz CT molecular complexity index is 160. The Morgan fingerprint density at radius 3 is 2.77 bits per heavy atom. The highest BCUT2D eigenvalue weighted by Crippen LogP contribution is 2.37. The molecule has 0 heterocycles. The maximum atomic E-state index is 6.13. The normalized spacial score (nSPS) is 37.4.